The lowest BCUT2D eigenvalue weighted by Crippen LogP contribution is -2.26. The summed E-state index contributed by atoms with van der Waals surface area (Å²) < 4.78 is 0. The van der Waals surface area contributed by atoms with Crippen molar-refractivity contribution in [2.75, 3.05) is 11.9 Å². The minimum absolute atomic E-state index is 0.203. The zero-order chi connectivity index (χ0) is 19.1. The minimum Gasteiger partial charge on any atom is -0.350 e. The van der Waals surface area contributed by atoms with Gasteiger partial charge in [-0.1, -0.05) is 17.7 Å². The van der Waals surface area contributed by atoms with E-state index in [0.717, 1.165) is 19.3 Å². The van der Waals surface area contributed by atoms with E-state index in [1.165, 1.54) is 18.4 Å². The number of nitrogens with zero attached hydrogens (tertiary/aromatic N) is 3. The summed E-state index contributed by atoms with van der Waals surface area (Å²) in [6.45, 7) is 2.43. The first-order valence-electron chi connectivity index (χ1n) is 9.23. The predicted octanol–water partition coefficient (Wildman–Crippen LogP) is 4.02. The molecule has 1 heterocycles. The average Bonchev–Trinajstić information content (AvgIpc) is 2.68. The highest BCUT2D eigenvalue weighted by Gasteiger charge is 2.11. The summed E-state index contributed by atoms with van der Waals surface area (Å²) in [5.74, 6) is 0.135. The zero-order valence-corrected chi connectivity index (χ0v) is 15.5. The fourth-order valence-corrected chi connectivity index (χ4v) is 3.10. The molecular formula is C21H23N5O. The summed E-state index contributed by atoms with van der Waals surface area (Å²) in [4.78, 5) is 21.1. The van der Waals surface area contributed by atoms with E-state index in [1.807, 2.05) is 13.0 Å². The lowest BCUT2D eigenvalue weighted by atomic mass is 9.97. The van der Waals surface area contributed by atoms with E-state index in [0.29, 0.717) is 35.1 Å². The molecule has 1 aromatic carbocycles. The molecule has 1 aromatic heterocycles. The molecule has 0 spiro atoms. The summed E-state index contributed by atoms with van der Waals surface area (Å²) in [6, 6.07) is 10.8. The molecule has 0 aliphatic heterocycles. The van der Waals surface area contributed by atoms with Crippen LogP contribution in [0.1, 0.15) is 53.8 Å². The Morgan fingerprint density at radius 3 is 2.93 bits per heavy atom. The Hall–Kier alpha value is -3.20. The highest BCUT2D eigenvalue weighted by molar-refractivity contribution is 5.92. The van der Waals surface area contributed by atoms with Crippen LogP contribution in [0.4, 0.5) is 11.6 Å². The van der Waals surface area contributed by atoms with Crippen molar-refractivity contribution in [2.24, 2.45) is 0 Å². The van der Waals surface area contributed by atoms with Gasteiger partial charge in [0.05, 0.1) is 11.6 Å². The summed E-state index contributed by atoms with van der Waals surface area (Å²) in [5, 5.41) is 15.0. The number of aromatic nitrogens is 2. The van der Waals surface area contributed by atoms with Crippen LogP contribution >= 0.6 is 0 Å². The molecule has 1 aliphatic rings. The lowest BCUT2D eigenvalue weighted by Gasteiger charge is -2.13. The van der Waals surface area contributed by atoms with E-state index in [9.17, 15) is 4.79 Å². The van der Waals surface area contributed by atoms with Crippen LogP contribution in [0, 0.1) is 18.3 Å². The Balaban J connectivity index is 1.64. The number of benzene rings is 1. The first kappa shape index (κ1) is 18.6. The number of rotatable bonds is 6. The van der Waals surface area contributed by atoms with Crippen LogP contribution in [-0.2, 0) is 0 Å². The number of nitriles is 1. The highest BCUT2D eigenvalue weighted by atomic mass is 16.1. The van der Waals surface area contributed by atoms with E-state index in [2.05, 4.69) is 32.7 Å². The van der Waals surface area contributed by atoms with Crippen molar-refractivity contribution >= 4 is 17.5 Å². The number of aryl methyl sites for hydroxylation is 1. The molecule has 0 fully saturated rings. The normalized spacial score (nSPS) is 13.4. The molecule has 0 bridgehead atoms. The summed E-state index contributed by atoms with van der Waals surface area (Å²) in [7, 11) is 0. The maximum absolute atomic E-state index is 12.5. The van der Waals surface area contributed by atoms with Crippen LogP contribution in [-0.4, -0.2) is 22.4 Å². The quantitative estimate of drug-likeness (QED) is 0.758. The summed E-state index contributed by atoms with van der Waals surface area (Å²) >= 11 is 0. The number of hydrogen-bond donors (Lipinski definition) is 2. The largest absolute Gasteiger partial charge is 0.350 e. The van der Waals surface area contributed by atoms with Crippen molar-refractivity contribution in [2.45, 2.75) is 39.0 Å². The Bertz CT molecular complexity index is 898. The van der Waals surface area contributed by atoms with Gasteiger partial charge in [-0.2, -0.15) is 5.26 Å². The summed E-state index contributed by atoms with van der Waals surface area (Å²) in [6.07, 6.45) is 7.98. The maximum atomic E-state index is 12.5. The topological polar surface area (TPSA) is 90.7 Å². The number of allylic oxidation sites excluding steroid dienone is 1. The molecule has 1 amide bonds. The van der Waals surface area contributed by atoms with Crippen LogP contribution in [0.5, 0.6) is 0 Å². The Kier molecular flexibility index (Phi) is 6.16. The molecule has 0 unspecified atom stereocenters. The van der Waals surface area contributed by atoms with E-state index < -0.39 is 0 Å². The molecule has 2 N–H and O–H groups in total. The van der Waals surface area contributed by atoms with Gasteiger partial charge in [-0.25, -0.2) is 9.97 Å². The first-order chi connectivity index (χ1) is 13.1. The molecule has 0 saturated heterocycles. The van der Waals surface area contributed by atoms with Gasteiger partial charge in [-0.3, -0.25) is 4.79 Å². The second kappa shape index (κ2) is 8.95. The molecule has 6 heteroatoms. The second-order valence-electron chi connectivity index (χ2n) is 6.65. The van der Waals surface area contributed by atoms with Gasteiger partial charge < -0.3 is 10.6 Å². The van der Waals surface area contributed by atoms with E-state index in [-0.39, 0.29) is 5.91 Å². The number of amides is 1. The Morgan fingerprint density at radius 1 is 1.26 bits per heavy atom. The van der Waals surface area contributed by atoms with Gasteiger partial charge in [-0.05, 0) is 63.3 Å². The van der Waals surface area contributed by atoms with E-state index in [1.54, 1.807) is 24.3 Å². The van der Waals surface area contributed by atoms with Gasteiger partial charge in [0.15, 0.2) is 0 Å². The molecule has 0 radical (unpaired) electrons. The highest BCUT2D eigenvalue weighted by Crippen LogP contribution is 2.19. The smallest absolute Gasteiger partial charge is 0.270 e. The number of carbonyl (C=O) groups excluding carboxylic acids is 1. The van der Waals surface area contributed by atoms with Crippen molar-refractivity contribution in [3.8, 4) is 6.07 Å². The van der Waals surface area contributed by atoms with Crippen molar-refractivity contribution in [1.82, 2.24) is 15.3 Å². The molecule has 138 valence electrons. The third-order valence-corrected chi connectivity index (χ3v) is 4.45. The van der Waals surface area contributed by atoms with Crippen molar-refractivity contribution in [3.05, 3.63) is 58.9 Å². The monoisotopic (exact) mass is 361 g/mol. The fourth-order valence-electron chi connectivity index (χ4n) is 3.10. The van der Waals surface area contributed by atoms with E-state index in [4.69, 9.17) is 5.26 Å². The van der Waals surface area contributed by atoms with Crippen molar-refractivity contribution in [3.63, 3.8) is 0 Å². The molecular weight excluding hydrogens is 338 g/mol. The Morgan fingerprint density at radius 2 is 2.15 bits per heavy atom. The Labute approximate surface area is 159 Å². The molecule has 6 nitrogen and oxygen atoms in total. The SMILES string of the molecule is Cc1cc(C(=O)NCCC2=CCCCC2)nc(Nc2cccc(C#N)c2)n1. The van der Waals surface area contributed by atoms with Crippen LogP contribution in [0.15, 0.2) is 42.0 Å². The maximum Gasteiger partial charge on any atom is 0.270 e. The minimum atomic E-state index is -0.203. The molecule has 3 rings (SSSR count). The third kappa shape index (κ3) is 5.38. The van der Waals surface area contributed by atoms with Crippen LogP contribution in [0.25, 0.3) is 0 Å². The second-order valence-corrected chi connectivity index (χ2v) is 6.65. The van der Waals surface area contributed by atoms with Crippen molar-refractivity contribution in [1.29, 1.82) is 5.26 Å². The molecule has 0 atom stereocenters. The number of anilines is 2. The van der Waals surface area contributed by atoms with Gasteiger partial charge >= 0.3 is 0 Å². The molecule has 27 heavy (non-hydrogen) atoms. The number of hydrogen-bond acceptors (Lipinski definition) is 5. The average molecular weight is 361 g/mol. The van der Waals surface area contributed by atoms with Crippen molar-refractivity contribution < 1.29 is 4.79 Å². The first-order valence-corrected chi connectivity index (χ1v) is 9.23. The third-order valence-electron chi connectivity index (χ3n) is 4.45. The van der Waals surface area contributed by atoms with Gasteiger partial charge in [0.2, 0.25) is 5.95 Å². The van der Waals surface area contributed by atoms with Crippen LogP contribution < -0.4 is 10.6 Å². The standard InChI is InChI=1S/C21H23N5O/c1-15-12-19(20(27)23-11-10-16-6-3-2-4-7-16)26-21(24-15)25-18-9-5-8-17(13-18)14-22/h5-6,8-9,12-13H,2-4,7,10-11H2,1H3,(H,23,27)(H,24,25,26). The van der Waals surface area contributed by atoms with Gasteiger partial charge in [0, 0.05) is 17.9 Å². The summed E-state index contributed by atoms with van der Waals surface area (Å²) in [5.41, 5.74) is 3.71. The molecule has 0 saturated carbocycles. The van der Waals surface area contributed by atoms with E-state index >= 15 is 0 Å². The number of carbonyl (C=O) groups is 1. The number of nitrogens with one attached hydrogen (secondary N) is 2. The van der Waals surface area contributed by atoms with Gasteiger partial charge in [0.1, 0.15) is 5.69 Å². The predicted molar refractivity (Wildman–Crippen MR) is 105 cm³/mol. The van der Waals surface area contributed by atoms with Gasteiger partial charge in [-0.15, -0.1) is 0 Å². The van der Waals surface area contributed by atoms with Crippen LogP contribution in [0.2, 0.25) is 0 Å². The van der Waals surface area contributed by atoms with Crippen LogP contribution in [0.3, 0.4) is 0 Å². The zero-order valence-electron chi connectivity index (χ0n) is 15.5. The lowest BCUT2D eigenvalue weighted by molar-refractivity contribution is 0.0949. The molecule has 1 aliphatic carbocycles. The van der Waals surface area contributed by atoms with Gasteiger partial charge in [0.25, 0.3) is 5.91 Å². The fraction of sp³-hybridized carbons (Fsp3) is 0.333. The molecule has 2 aromatic rings.